The second-order valence-electron chi connectivity index (χ2n) is 8.37. The average Bonchev–Trinajstić information content (AvgIpc) is 2.88. The zero-order chi connectivity index (χ0) is 23.8. The molecule has 0 saturated carbocycles. The molecule has 0 heterocycles. The second kappa shape index (κ2) is 11.1. The van der Waals surface area contributed by atoms with Gasteiger partial charge in [-0.15, -0.1) is 0 Å². The molecule has 0 aliphatic rings. The van der Waals surface area contributed by atoms with Gasteiger partial charge in [0.1, 0.15) is 0 Å². The van der Waals surface area contributed by atoms with E-state index < -0.39 is 7.26 Å². The summed E-state index contributed by atoms with van der Waals surface area (Å²) in [6.07, 6.45) is 0.921. The number of hydrogen-bond donors (Lipinski definition) is 0. The molecule has 4 rings (SSSR count). The summed E-state index contributed by atoms with van der Waals surface area (Å²) < 4.78 is 10.7. The topological polar surface area (TPSA) is 35.5 Å². The number of benzene rings is 4. The summed E-state index contributed by atoms with van der Waals surface area (Å²) >= 11 is 0. The van der Waals surface area contributed by atoms with Crippen molar-refractivity contribution >= 4 is 29.1 Å². The van der Waals surface area contributed by atoms with Crippen LogP contribution in [0.25, 0.3) is 0 Å². The molecule has 0 N–H and O–H groups in total. The summed E-state index contributed by atoms with van der Waals surface area (Å²) in [5.74, 6) is 0.359. The van der Waals surface area contributed by atoms with Crippen LogP contribution in [-0.4, -0.2) is 19.2 Å². The molecular weight excluding hydrogens is 439 g/mol. The van der Waals surface area contributed by atoms with Crippen molar-refractivity contribution < 1.29 is 14.3 Å². The molecule has 0 radical (unpaired) electrons. The Morgan fingerprint density at radius 3 is 1.68 bits per heavy atom. The van der Waals surface area contributed by atoms with E-state index in [2.05, 4.69) is 103 Å². The molecule has 4 heteroatoms. The molecule has 3 nitrogen and oxygen atoms in total. The van der Waals surface area contributed by atoms with E-state index in [-0.39, 0.29) is 12.6 Å². The van der Waals surface area contributed by atoms with Gasteiger partial charge in [-0.3, -0.25) is 0 Å². The molecule has 0 saturated heterocycles. The molecule has 0 atom stereocenters. The normalized spacial score (nSPS) is 11.6. The predicted octanol–water partition coefficient (Wildman–Crippen LogP) is 5.16. The van der Waals surface area contributed by atoms with Gasteiger partial charge < -0.3 is 0 Å². The number of ether oxygens (including phenoxy) is 2. The first kappa shape index (κ1) is 23.7. The molecule has 0 aliphatic carbocycles. The van der Waals surface area contributed by atoms with Gasteiger partial charge in [0.05, 0.1) is 0 Å². The number of rotatable bonds is 9. The quantitative estimate of drug-likeness (QED) is 0.250. The van der Waals surface area contributed by atoms with Gasteiger partial charge in [0.2, 0.25) is 0 Å². The molecule has 174 valence electrons. The Hall–Kier alpha value is -3.42. The Morgan fingerprint density at radius 2 is 1.24 bits per heavy atom. The fraction of sp³-hybridized carbons (Fsp3) is 0.167. The van der Waals surface area contributed by atoms with Crippen LogP contribution in [0.5, 0.6) is 5.75 Å². The minimum absolute atomic E-state index is 0.0786. The predicted molar refractivity (Wildman–Crippen MR) is 144 cm³/mol. The summed E-state index contributed by atoms with van der Waals surface area (Å²) in [6.45, 7) is 4.09. The van der Waals surface area contributed by atoms with Crippen molar-refractivity contribution in [3.63, 3.8) is 0 Å². The third-order valence-corrected chi connectivity index (χ3v) is 11.1. The van der Waals surface area contributed by atoms with Crippen LogP contribution in [0.4, 0.5) is 0 Å². The van der Waals surface area contributed by atoms with Crippen molar-refractivity contribution in [2.75, 3.05) is 13.2 Å². The number of carbonyl (C=O) groups is 1. The molecule has 4 aromatic rings. The molecule has 0 aliphatic heterocycles. The van der Waals surface area contributed by atoms with Gasteiger partial charge in [-0.25, -0.2) is 0 Å². The van der Waals surface area contributed by atoms with E-state index in [9.17, 15) is 4.79 Å². The third-order valence-electron chi connectivity index (χ3n) is 6.16. The van der Waals surface area contributed by atoms with Crippen LogP contribution in [-0.2, 0) is 15.7 Å². The Morgan fingerprint density at radius 1 is 0.735 bits per heavy atom. The van der Waals surface area contributed by atoms with Gasteiger partial charge in [0.15, 0.2) is 0 Å². The fourth-order valence-corrected chi connectivity index (χ4v) is 9.33. The first-order valence-corrected chi connectivity index (χ1v) is 13.9. The second-order valence-corrected chi connectivity index (χ2v) is 12.3. The Kier molecular flexibility index (Phi) is 7.77. The van der Waals surface area contributed by atoms with Crippen LogP contribution >= 0.6 is 7.26 Å². The first-order chi connectivity index (χ1) is 16.6. The van der Waals surface area contributed by atoms with Crippen molar-refractivity contribution in [3.8, 4) is 5.75 Å². The molecule has 0 fully saturated rings. The van der Waals surface area contributed by atoms with Gasteiger partial charge >= 0.3 is 203 Å². The molecule has 0 aromatic heterocycles. The zero-order valence-electron chi connectivity index (χ0n) is 19.7. The number of aryl methyl sites for hydroxylation is 1. The summed E-state index contributed by atoms with van der Waals surface area (Å²) in [7, 11) is -2.37. The molecular formula is C30H31O3P. The van der Waals surface area contributed by atoms with Crippen LogP contribution < -0.4 is 20.7 Å². The van der Waals surface area contributed by atoms with Crippen LogP contribution in [0.2, 0.25) is 0 Å². The van der Waals surface area contributed by atoms with Crippen LogP contribution in [0, 0.1) is 6.92 Å². The summed E-state index contributed by atoms with van der Waals surface area (Å²) in [4.78, 5) is 11.7. The van der Waals surface area contributed by atoms with E-state index >= 15 is 0 Å². The van der Waals surface area contributed by atoms with Gasteiger partial charge in [-0.05, 0) is 0 Å². The first-order valence-electron chi connectivity index (χ1n) is 11.7. The van der Waals surface area contributed by atoms with E-state index in [0.29, 0.717) is 12.4 Å². The molecule has 0 amide bonds. The molecule has 34 heavy (non-hydrogen) atoms. The van der Waals surface area contributed by atoms with E-state index in [0.717, 1.165) is 11.7 Å². The van der Waals surface area contributed by atoms with E-state index in [1.807, 2.05) is 13.0 Å². The maximum absolute atomic E-state index is 11.7. The average molecular weight is 471 g/mol. The van der Waals surface area contributed by atoms with E-state index in [1.165, 1.54) is 21.5 Å². The van der Waals surface area contributed by atoms with Crippen molar-refractivity contribution in [2.45, 2.75) is 20.0 Å². The number of carbonyl (C=O) groups excluding carboxylic acids is 1. The summed E-state index contributed by atoms with van der Waals surface area (Å²) in [5.41, 5.74) is 2.27. The van der Waals surface area contributed by atoms with Crippen molar-refractivity contribution in [3.05, 3.63) is 120 Å². The van der Waals surface area contributed by atoms with Gasteiger partial charge in [0, 0.05) is 0 Å². The van der Waals surface area contributed by atoms with Crippen molar-refractivity contribution in [2.24, 2.45) is 0 Å². The molecule has 0 bridgehead atoms. The van der Waals surface area contributed by atoms with E-state index in [1.54, 1.807) is 6.92 Å². The Labute approximate surface area is 202 Å². The standard InChI is InChI=1S/C30H31O3P/c1-3-32-30(31)22-33-29-20-19-25(21-24(29)2)23-34(26-13-7-4-8-14-26,27-15-9-5-10-16-27)28-17-11-6-12-18-28/h4-21,34H,3,22-23H2,1-2H3. The van der Waals surface area contributed by atoms with Gasteiger partial charge in [-0.2, -0.15) is 0 Å². The van der Waals surface area contributed by atoms with Gasteiger partial charge in [-0.1, -0.05) is 0 Å². The monoisotopic (exact) mass is 470 g/mol. The van der Waals surface area contributed by atoms with Gasteiger partial charge in [0.25, 0.3) is 0 Å². The maximum atomic E-state index is 11.7. The zero-order valence-corrected chi connectivity index (χ0v) is 20.7. The number of hydrogen-bond acceptors (Lipinski definition) is 3. The van der Waals surface area contributed by atoms with Crippen LogP contribution in [0.15, 0.2) is 109 Å². The summed E-state index contributed by atoms with van der Waals surface area (Å²) in [5, 5.41) is 4.15. The Balaban J connectivity index is 1.77. The summed E-state index contributed by atoms with van der Waals surface area (Å²) in [6, 6.07) is 39.0. The van der Waals surface area contributed by atoms with Crippen LogP contribution in [0.1, 0.15) is 18.1 Å². The fourth-order valence-electron chi connectivity index (χ4n) is 4.60. The molecule has 0 unspecified atom stereocenters. The molecule has 4 aromatic carbocycles. The van der Waals surface area contributed by atoms with Crippen molar-refractivity contribution in [1.82, 2.24) is 0 Å². The van der Waals surface area contributed by atoms with Crippen molar-refractivity contribution in [1.29, 1.82) is 0 Å². The molecule has 0 spiro atoms. The third kappa shape index (κ3) is 5.21. The van der Waals surface area contributed by atoms with E-state index in [4.69, 9.17) is 9.47 Å². The Bertz CT molecular complexity index is 1110. The minimum atomic E-state index is -2.37. The number of esters is 1. The van der Waals surface area contributed by atoms with Crippen LogP contribution in [0.3, 0.4) is 0 Å². The SMILES string of the molecule is CCOC(=O)COc1ccc(C[PH](c2ccccc2)(c2ccccc2)c2ccccc2)cc1C.